The Morgan fingerprint density at radius 2 is 1.50 bits per heavy atom. The predicted molar refractivity (Wildman–Crippen MR) is 94.3 cm³/mol. The van der Waals surface area contributed by atoms with Crippen molar-refractivity contribution in [1.29, 1.82) is 0 Å². The van der Waals surface area contributed by atoms with E-state index in [1.54, 1.807) is 36.4 Å². The summed E-state index contributed by atoms with van der Waals surface area (Å²) >= 11 is 0. The van der Waals surface area contributed by atoms with Gasteiger partial charge in [-0.2, -0.15) is 0 Å². The van der Waals surface area contributed by atoms with Gasteiger partial charge in [-0.05, 0) is 53.6 Å². The van der Waals surface area contributed by atoms with Crippen LogP contribution in [0.4, 0.5) is 8.78 Å². The number of benzene rings is 2. The number of aromatic nitrogens is 1. The lowest BCUT2D eigenvalue weighted by Gasteiger charge is -2.13. The number of amides is 1. The van der Waals surface area contributed by atoms with Gasteiger partial charge in [-0.3, -0.25) is 14.2 Å². The summed E-state index contributed by atoms with van der Waals surface area (Å²) in [6.07, 6.45) is 0. The van der Waals surface area contributed by atoms with Crippen LogP contribution in [0.3, 0.4) is 0 Å². The number of nitrogens with zero attached hydrogens (tertiary/aromatic N) is 1. The zero-order valence-electron chi connectivity index (χ0n) is 13.8. The number of carbonyl (C=O) groups is 1. The molecule has 6 heteroatoms. The van der Waals surface area contributed by atoms with Gasteiger partial charge in [0.05, 0.1) is 5.69 Å². The van der Waals surface area contributed by atoms with Gasteiger partial charge >= 0.3 is 0 Å². The summed E-state index contributed by atoms with van der Waals surface area (Å²) in [5.74, 6) is -1.08. The summed E-state index contributed by atoms with van der Waals surface area (Å²) in [5, 5.41) is 2.70. The third-order valence-corrected chi connectivity index (χ3v) is 3.89. The van der Waals surface area contributed by atoms with Crippen molar-refractivity contribution in [2.24, 2.45) is 0 Å². The first-order chi connectivity index (χ1) is 12.5. The topological polar surface area (TPSA) is 51.1 Å². The van der Waals surface area contributed by atoms with E-state index in [-0.39, 0.29) is 36.2 Å². The highest BCUT2D eigenvalue weighted by molar-refractivity contribution is 5.76. The van der Waals surface area contributed by atoms with Crippen LogP contribution in [0.15, 0.2) is 71.5 Å². The molecule has 0 aliphatic heterocycles. The van der Waals surface area contributed by atoms with Gasteiger partial charge in [0, 0.05) is 12.6 Å². The minimum absolute atomic E-state index is 0.173. The molecule has 3 rings (SSSR count). The van der Waals surface area contributed by atoms with E-state index in [1.165, 1.54) is 34.9 Å². The third-order valence-electron chi connectivity index (χ3n) is 3.89. The Morgan fingerprint density at radius 3 is 2.15 bits per heavy atom. The molecule has 26 heavy (non-hydrogen) atoms. The number of pyridine rings is 1. The standard InChI is InChI=1S/C20H16F2N2O2/c21-16-8-4-14(5-9-16)12-23-19(25)13-24-18(2-1-3-20(24)26)15-6-10-17(22)11-7-15/h1-11H,12-13H2,(H,23,25). The highest BCUT2D eigenvalue weighted by Gasteiger charge is 2.10. The summed E-state index contributed by atoms with van der Waals surface area (Å²) < 4.78 is 27.3. The summed E-state index contributed by atoms with van der Waals surface area (Å²) in [4.78, 5) is 24.4. The molecule has 0 saturated heterocycles. The number of carbonyl (C=O) groups excluding carboxylic acids is 1. The smallest absolute Gasteiger partial charge is 0.251 e. The van der Waals surface area contributed by atoms with Crippen molar-refractivity contribution in [3.63, 3.8) is 0 Å². The molecule has 0 aliphatic rings. The van der Waals surface area contributed by atoms with Crippen LogP contribution >= 0.6 is 0 Å². The minimum Gasteiger partial charge on any atom is -0.350 e. The fourth-order valence-corrected chi connectivity index (χ4v) is 2.56. The summed E-state index contributed by atoms with van der Waals surface area (Å²) in [5.41, 5.74) is 1.58. The molecule has 0 atom stereocenters. The molecule has 0 aliphatic carbocycles. The lowest BCUT2D eigenvalue weighted by molar-refractivity contribution is -0.121. The van der Waals surface area contributed by atoms with Crippen LogP contribution in [0.5, 0.6) is 0 Å². The Hall–Kier alpha value is -3.28. The maximum Gasteiger partial charge on any atom is 0.251 e. The third kappa shape index (κ3) is 4.22. The molecule has 0 spiro atoms. The van der Waals surface area contributed by atoms with E-state index in [1.807, 2.05) is 0 Å². The lowest BCUT2D eigenvalue weighted by atomic mass is 10.1. The van der Waals surface area contributed by atoms with E-state index in [4.69, 9.17) is 0 Å². The Morgan fingerprint density at radius 1 is 0.885 bits per heavy atom. The fraction of sp³-hybridized carbons (Fsp3) is 0.100. The Bertz CT molecular complexity index is 964. The normalized spacial score (nSPS) is 10.5. The molecule has 0 fully saturated rings. The van der Waals surface area contributed by atoms with Crippen LogP contribution in [0.2, 0.25) is 0 Å². The van der Waals surface area contributed by atoms with Crippen molar-refractivity contribution < 1.29 is 13.6 Å². The first-order valence-corrected chi connectivity index (χ1v) is 8.00. The van der Waals surface area contributed by atoms with Gasteiger partial charge in [0.2, 0.25) is 5.91 Å². The van der Waals surface area contributed by atoms with Crippen LogP contribution in [-0.4, -0.2) is 10.5 Å². The Labute approximate surface area is 148 Å². The molecular weight excluding hydrogens is 338 g/mol. The largest absolute Gasteiger partial charge is 0.350 e. The zero-order chi connectivity index (χ0) is 18.5. The highest BCUT2D eigenvalue weighted by Crippen LogP contribution is 2.18. The average molecular weight is 354 g/mol. The quantitative estimate of drug-likeness (QED) is 0.765. The second-order valence-corrected chi connectivity index (χ2v) is 5.75. The van der Waals surface area contributed by atoms with Crippen molar-refractivity contribution in [3.8, 4) is 11.3 Å². The molecule has 0 saturated carbocycles. The maximum absolute atomic E-state index is 13.1. The van der Waals surface area contributed by atoms with Crippen LogP contribution in [0, 0.1) is 11.6 Å². The van der Waals surface area contributed by atoms with E-state index in [9.17, 15) is 18.4 Å². The first kappa shape index (κ1) is 17.5. The van der Waals surface area contributed by atoms with Crippen LogP contribution in [-0.2, 0) is 17.9 Å². The van der Waals surface area contributed by atoms with Crippen LogP contribution in [0.1, 0.15) is 5.56 Å². The van der Waals surface area contributed by atoms with Gasteiger partial charge in [0.1, 0.15) is 18.2 Å². The summed E-state index contributed by atoms with van der Waals surface area (Å²) in [6.45, 7) is 0.0557. The SMILES string of the molecule is O=C(Cn1c(-c2ccc(F)cc2)cccc1=O)NCc1ccc(F)cc1. The highest BCUT2D eigenvalue weighted by atomic mass is 19.1. The fourth-order valence-electron chi connectivity index (χ4n) is 2.56. The second kappa shape index (κ2) is 7.74. The second-order valence-electron chi connectivity index (χ2n) is 5.75. The Balaban J connectivity index is 1.76. The molecule has 0 bridgehead atoms. The van der Waals surface area contributed by atoms with Crippen molar-refractivity contribution in [3.05, 3.63) is 94.3 Å². The van der Waals surface area contributed by atoms with Crippen molar-refractivity contribution in [1.82, 2.24) is 9.88 Å². The lowest BCUT2D eigenvalue weighted by Crippen LogP contribution is -2.32. The minimum atomic E-state index is -0.379. The van der Waals surface area contributed by atoms with E-state index in [2.05, 4.69) is 5.32 Å². The molecule has 0 unspecified atom stereocenters. The maximum atomic E-state index is 13.1. The first-order valence-electron chi connectivity index (χ1n) is 8.00. The van der Waals surface area contributed by atoms with Crippen LogP contribution < -0.4 is 10.9 Å². The molecule has 0 radical (unpaired) electrons. The number of halogens is 2. The predicted octanol–water partition coefficient (Wildman–Crippen LogP) is 3.11. The van der Waals surface area contributed by atoms with E-state index >= 15 is 0 Å². The molecule has 3 aromatic rings. The number of nitrogens with one attached hydrogen (secondary N) is 1. The number of hydrogen-bond acceptors (Lipinski definition) is 2. The monoisotopic (exact) mass is 354 g/mol. The van der Waals surface area contributed by atoms with Gasteiger partial charge in [0.15, 0.2) is 0 Å². The molecule has 4 nitrogen and oxygen atoms in total. The van der Waals surface area contributed by atoms with Crippen molar-refractivity contribution >= 4 is 5.91 Å². The summed E-state index contributed by atoms with van der Waals surface area (Å²) in [7, 11) is 0. The van der Waals surface area contributed by atoms with Gasteiger partial charge in [-0.25, -0.2) is 8.78 Å². The van der Waals surface area contributed by atoms with E-state index in [0.717, 1.165) is 5.56 Å². The zero-order valence-corrected chi connectivity index (χ0v) is 13.8. The molecule has 1 N–H and O–H groups in total. The molecular formula is C20H16F2N2O2. The molecule has 1 aromatic heterocycles. The number of rotatable bonds is 5. The van der Waals surface area contributed by atoms with Gasteiger partial charge < -0.3 is 5.32 Å². The Kier molecular flexibility index (Phi) is 5.22. The average Bonchev–Trinajstić information content (AvgIpc) is 2.64. The van der Waals surface area contributed by atoms with E-state index < -0.39 is 0 Å². The van der Waals surface area contributed by atoms with Gasteiger partial charge in [0.25, 0.3) is 5.56 Å². The van der Waals surface area contributed by atoms with Crippen LogP contribution in [0.25, 0.3) is 11.3 Å². The van der Waals surface area contributed by atoms with Gasteiger partial charge in [-0.1, -0.05) is 18.2 Å². The molecule has 132 valence electrons. The van der Waals surface area contributed by atoms with Crippen molar-refractivity contribution in [2.45, 2.75) is 13.1 Å². The van der Waals surface area contributed by atoms with E-state index in [0.29, 0.717) is 11.3 Å². The number of hydrogen-bond donors (Lipinski definition) is 1. The van der Waals surface area contributed by atoms with Gasteiger partial charge in [-0.15, -0.1) is 0 Å². The molecule has 1 heterocycles. The van der Waals surface area contributed by atoms with Crippen molar-refractivity contribution in [2.75, 3.05) is 0 Å². The molecule has 1 amide bonds. The molecule has 2 aromatic carbocycles. The summed E-state index contributed by atoms with van der Waals surface area (Å²) in [6, 6.07) is 16.1.